The van der Waals surface area contributed by atoms with Crippen molar-refractivity contribution in [2.24, 2.45) is 5.92 Å². The fourth-order valence-electron chi connectivity index (χ4n) is 2.32. The summed E-state index contributed by atoms with van der Waals surface area (Å²) in [5, 5.41) is 3.88. The summed E-state index contributed by atoms with van der Waals surface area (Å²) in [5.41, 5.74) is 7.57. The molecule has 3 rings (SSSR count). The number of hydrogen-bond acceptors (Lipinski definition) is 5. The number of carbonyl (C=O) groups excluding carboxylic acids is 1. The van der Waals surface area contributed by atoms with Gasteiger partial charge in [0.05, 0.1) is 5.69 Å². The van der Waals surface area contributed by atoms with Gasteiger partial charge in [0.1, 0.15) is 9.71 Å². The number of aromatic nitrogens is 1. The third-order valence-electron chi connectivity index (χ3n) is 3.51. The van der Waals surface area contributed by atoms with Crippen LogP contribution in [0.3, 0.4) is 0 Å². The zero-order chi connectivity index (χ0) is 14.1. The van der Waals surface area contributed by atoms with Crippen LogP contribution in [0.1, 0.15) is 21.8 Å². The van der Waals surface area contributed by atoms with Crippen LogP contribution in [0.5, 0.6) is 0 Å². The first kappa shape index (κ1) is 13.7. The summed E-state index contributed by atoms with van der Waals surface area (Å²) >= 11 is 3.33. The summed E-state index contributed by atoms with van der Waals surface area (Å²) in [4.78, 5) is 18.1. The van der Waals surface area contributed by atoms with Crippen LogP contribution in [0.4, 0.5) is 5.69 Å². The lowest BCUT2D eigenvalue weighted by Gasteiger charge is -2.09. The lowest BCUT2D eigenvalue weighted by Crippen LogP contribution is -2.29. The fourth-order valence-corrected chi connectivity index (χ4v) is 4.66. The van der Waals surface area contributed by atoms with E-state index in [1.165, 1.54) is 23.5 Å². The third-order valence-corrected chi connectivity index (χ3v) is 5.86. The van der Waals surface area contributed by atoms with Crippen LogP contribution in [0, 0.1) is 12.8 Å². The van der Waals surface area contributed by atoms with Crippen LogP contribution < -0.4 is 11.1 Å². The largest absolute Gasteiger partial charge is 0.397 e. The molecule has 1 aliphatic heterocycles. The molecule has 6 heteroatoms. The Hall–Kier alpha value is -1.27. The average Bonchev–Trinajstić information content (AvgIpc) is 3.04. The lowest BCUT2D eigenvalue weighted by atomic mass is 10.1. The number of pyridine rings is 1. The van der Waals surface area contributed by atoms with Gasteiger partial charge in [0.2, 0.25) is 0 Å². The van der Waals surface area contributed by atoms with Gasteiger partial charge in [-0.3, -0.25) is 4.79 Å². The molecule has 0 radical (unpaired) electrons. The van der Waals surface area contributed by atoms with E-state index in [-0.39, 0.29) is 5.91 Å². The van der Waals surface area contributed by atoms with Crippen LogP contribution in [-0.2, 0) is 0 Å². The number of anilines is 1. The molecule has 1 aliphatic rings. The van der Waals surface area contributed by atoms with Gasteiger partial charge in [-0.15, -0.1) is 11.3 Å². The topological polar surface area (TPSA) is 68.0 Å². The molecule has 1 saturated heterocycles. The number of amides is 1. The smallest absolute Gasteiger partial charge is 0.263 e. The van der Waals surface area contributed by atoms with E-state index >= 15 is 0 Å². The van der Waals surface area contributed by atoms with Gasteiger partial charge in [0.15, 0.2) is 0 Å². The molecule has 1 amide bonds. The molecule has 1 unspecified atom stereocenters. The molecule has 2 aromatic rings. The summed E-state index contributed by atoms with van der Waals surface area (Å²) < 4.78 is 0. The predicted molar refractivity (Wildman–Crippen MR) is 86.5 cm³/mol. The van der Waals surface area contributed by atoms with E-state index in [1.54, 1.807) is 0 Å². The summed E-state index contributed by atoms with van der Waals surface area (Å²) in [6, 6.07) is 3.86. The first-order chi connectivity index (χ1) is 9.65. The minimum absolute atomic E-state index is 0.0694. The van der Waals surface area contributed by atoms with Crippen molar-refractivity contribution in [2.45, 2.75) is 13.3 Å². The Morgan fingerprint density at radius 2 is 2.40 bits per heavy atom. The molecule has 1 atom stereocenters. The quantitative estimate of drug-likeness (QED) is 0.915. The van der Waals surface area contributed by atoms with E-state index in [0.29, 0.717) is 16.5 Å². The Labute approximate surface area is 126 Å². The Kier molecular flexibility index (Phi) is 3.85. The van der Waals surface area contributed by atoms with Crippen LogP contribution in [0.2, 0.25) is 0 Å². The van der Waals surface area contributed by atoms with Crippen molar-refractivity contribution in [3.63, 3.8) is 0 Å². The Morgan fingerprint density at radius 3 is 3.15 bits per heavy atom. The number of nitrogen functional groups attached to an aromatic ring is 1. The van der Waals surface area contributed by atoms with E-state index in [9.17, 15) is 4.79 Å². The van der Waals surface area contributed by atoms with Crippen LogP contribution >= 0.6 is 23.1 Å². The molecule has 0 aliphatic carbocycles. The maximum Gasteiger partial charge on any atom is 0.263 e. The van der Waals surface area contributed by atoms with Crippen molar-refractivity contribution < 1.29 is 4.79 Å². The molecular weight excluding hydrogens is 290 g/mol. The molecule has 3 heterocycles. The van der Waals surface area contributed by atoms with Gasteiger partial charge < -0.3 is 11.1 Å². The van der Waals surface area contributed by atoms with Crippen molar-refractivity contribution in [2.75, 3.05) is 23.8 Å². The van der Waals surface area contributed by atoms with Crippen LogP contribution in [0.25, 0.3) is 10.2 Å². The highest BCUT2D eigenvalue weighted by Crippen LogP contribution is 2.32. The first-order valence-electron chi connectivity index (χ1n) is 6.66. The number of nitrogens with zero attached hydrogens (tertiary/aromatic N) is 1. The Balaban J connectivity index is 1.78. The second kappa shape index (κ2) is 5.61. The number of thiophene rings is 1. The van der Waals surface area contributed by atoms with Crippen LogP contribution in [-0.4, -0.2) is 28.9 Å². The number of nitrogens with two attached hydrogens (primary N) is 1. The molecule has 3 N–H and O–H groups in total. The van der Waals surface area contributed by atoms with Crippen molar-refractivity contribution in [1.29, 1.82) is 0 Å². The molecule has 0 aromatic carbocycles. The van der Waals surface area contributed by atoms with Gasteiger partial charge in [-0.25, -0.2) is 4.98 Å². The normalized spacial score (nSPS) is 18.6. The number of aryl methyl sites for hydroxylation is 1. The van der Waals surface area contributed by atoms with Crippen molar-refractivity contribution >= 4 is 44.9 Å². The van der Waals surface area contributed by atoms with E-state index in [1.807, 2.05) is 30.8 Å². The van der Waals surface area contributed by atoms with Crippen LogP contribution in [0.15, 0.2) is 12.1 Å². The summed E-state index contributed by atoms with van der Waals surface area (Å²) in [5.74, 6) is 2.87. The first-order valence-corrected chi connectivity index (χ1v) is 8.64. The van der Waals surface area contributed by atoms with E-state index < -0.39 is 0 Å². The van der Waals surface area contributed by atoms with Crippen molar-refractivity contribution in [3.8, 4) is 0 Å². The second-order valence-corrected chi connectivity index (χ2v) is 7.24. The zero-order valence-corrected chi connectivity index (χ0v) is 12.9. The van der Waals surface area contributed by atoms with Gasteiger partial charge in [-0.2, -0.15) is 11.8 Å². The van der Waals surface area contributed by atoms with Gasteiger partial charge in [-0.05, 0) is 42.9 Å². The van der Waals surface area contributed by atoms with E-state index in [2.05, 4.69) is 10.3 Å². The maximum atomic E-state index is 12.3. The average molecular weight is 307 g/mol. The monoisotopic (exact) mass is 307 g/mol. The van der Waals surface area contributed by atoms with Gasteiger partial charge >= 0.3 is 0 Å². The fraction of sp³-hybridized carbons (Fsp3) is 0.429. The maximum absolute atomic E-state index is 12.3. The van der Waals surface area contributed by atoms with Gasteiger partial charge in [-0.1, -0.05) is 0 Å². The highest BCUT2D eigenvalue weighted by molar-refractivity contribution is 7.99. The minimum Gasteiger partial charge on any atom is -0.397 e. The van der Waals surface area contributed by atoms with Gasteiger partial charge in [0.25, 0.3) is 5.91 Å². The standard InChI is InChI=1S/C14H17N3OS2/c1-8-2-3-10-11(15)12(20-14(10)17-8)13(18)16-6-9-4-5-19-7-9/h2-3,9H,4-7,15H2,1H3,(H,16,18). The molecule has 0 spiro atoms. The number of nitrogens with one attached hydrogen (secondary N) is 1. The SMILES string of the molecule is Cc1ccc2c(N)c(C(=O)NCC3CCSC3)sc2n1. The number of carbonyl (C=O) groups is 1. The molecule has 0 bridgehead atoms. The van der Waals surface area contributed by atoms with Gasteiger partial charge in [0, 0.05) is 17.6 Å². The molecular formula is C14H17N3OS2. The Bertz CT molecular complexity index is 647. The summed E-state index contributed by atoms with van der Waals surface area (Å²) in [7, 11) is 0. The van der Waals surface area contributed by atoms with E-state index in [4.69, 9.17) is 5.73 Å². The molecule has 1 fully saturated rings. The molecule has 20 heavy (non-hydrogen) atoms. The number of rotatable bonds is 3. The third kappa shape index (κ3) is 2.62. The van der Waals surface area contributed by atoms with Crippen molar-refractivity contribution in [3.05, 3.63) is 22.7 Å². The minimum atomic E-state index is -0.0694. The Morgan fingerprint density at radius 1 is 1.55 bits per heavy atom. The molecule has 2 aromatic heterocycles. The number of hydrogen-bond donors (Lipinski definition) is 2. The zero-order valence-electron chi connectivity index (χ0n) is 11.3. The lowest BCUT2D eigenvalue weighted by molar-refractivity contribution is 0.0953. The predicted octanol–water partition coefficient (Wildman–Crippen LogP) is 2.67. The highest BCUT2D eigenvalue weighted by atomic mass is 32.2. The molecule has 0 saturated carbocycles. The summed E-state index contributed by atoms with van der Waals surface area (Å²) in [6.07, 6.45) is 1.19. The van der Waals surface area contributed by atoms with E-state index in [0.717, 1.165) is 28.2 Å². The highest BCUT2D eigenvalue weighted by Gasteiger charge is 2.20. The molecule has 106 valence electrons. The number of fused-ring (bicyclic) bond motifs is 1. The second-order valence-electron chi connectivity index (χ2n) is 5.09. The van der Waals surface area contributed by atoms with Crippen molar-refractivity contribution in [1.82, 2.24) is 10.3 Å². The molecule has 4 nitrogen and oxygen atoms in total. The summed E-state index contributed by atoms with van der Waals surface area (Å²) in [6.45, 7) is 2.68. The number of thioether (sulfide) groups is 1.